The Morgan fingerprint density at radius 2 is 2.24 bits per heavy atom. The molecule has 0 saturated heterocycles. The van der Waals surface area contributed by atoms with Crippen molar-refractivity contribution in [2.45, 2.75) is 18.9 Å². The van der Waals surface area contributed by atoms with Crippen molar-refractivity contribution in [1.29, 1.82) is 0 Å². The van der Waals surface area contributed by atoms with Crippen molar-refractivity contribution in [3.8, 4) is 0 Å². The Labute approximate surface area is 121 Å². The lowest BCUT2D eigenvalue weighted by Gasteiger charge is -2.12. The minimum Gasteiger partial charge on any atom is -0.480 e. The molecule has 1 aromatic rings. The van der Waals surface area contributed by atoms with E-state index in [0.29, 0.717) is 5.69 Å². The van der Waals surface area contributed by atoms with Gasteiger partial charge in [-0.15, -0.1) is 0 Å². The van der Waals surface area contributed by atoms with Crippen LogP contribution in [-0.2, 0) is 26.2 Å². The van der Waals surface area contributed by atoms with Crippen molar-refractivity contribution >= 4 is 23.9 Å². The maximum absolute atomic E-state index is 11.7. The summed E-state index contributed by atoms with van der Waals surface area (Å²) in [6, 6.07) is 0.559. The number of aryl methyl sites for hydroxylation is 1. The highest BCUT2D eigenvalue weighted by atomic mass is 16.5. The number of ether oxygens (including phenoxy) is 1. The average molecular weight is 295 g/mol. The van der Waals surface area contributed by atoms with E-state index in [4.69, 9.17) is 5.11 Å². The van der Waals surface area contributed by atoms with Gasteiger partial charge in [-0.3, -0.25) is 14.3 Å². The molecule has 1 aromatic heterocycles. The Kier molecular flexibility index (Phi) is 6.12. The molecule has 0 aliphatic rings. The second-order valence-electron chi connectivity index (χ2n) is 4.23. The number of methoxy groups -OCH3 is 1. The van der Waals surface area contributed by atoms with Crippen molar-refractivity contribution in [1.82, 2.24) is 15.1 Å². The number of amides is 1. The van der Waals surface area contributed by atoms with E-state index in [1.54, 1.807) is 24.0 Å². The summed E-state index contributed by atoms with van der Waals surface area (Å²) in [7, 11) is 2.93. The minimum atomic E-state index is -1.21. The monoisotopic (exact) mass is 295 g/mol. The first-order valence-corrected chi connectivity index (χ1v) is 6.20. The summed E-state index contributed by atoms with van der Waals surface area (Å²) in [5.41, 5.74) is 0.701. The van der Waals surface area contributed by atoms with E-state index < -0.39 is 23.9 Å². The number of aromatic nitrogens is 2. The van der Waals surface area contributed by atoms with E-state index in [9.17, 15) is 14.4 Å². The van der Waals surface area contributed by atoms with Gasteiger partial charge in [0.15, 0.2) is 0 Å². The zero-order chi connectivity index (χ0) is 15.8. The Hall–Kier alpha value is -2.64. The molecule has 0 aliphatic carbocycles. The molecule has 0 saturated carbocycles. The fourth-order valence-corrected chi connectivity index (χ4v) is 1.55. The molecule has 8 nitrogen and oxygen atoms in total. The van der Waals surface area contributed by atoms with Gasteiger partial charge in [-0.2, -0.15) is 5.10 Å². The first kappa shape index (κ1) is 16.4. The molecule has 0 fully saturated rings. The van der Waals surface area contributed by atoms with Crippen LogP contribution >= 0.6 is 0 Å². The molecule has 1 amide bonds. The molecule has 0 aromatic carbocycles. The second kappa shape index (κ2) is 7.83. The average Bonchev–Trinajstić information content (AvgIpc) is 2.85. The molecule has 0 bridgehead atoms. The normalized spacial score (nSPS) is 12.1. The number of carbonyl (C=O) groups excluding carboxylic acids is 2. The molecule has 0 radical (unpaired) electrons. The van der Waals surface area contributed by atoms with Crippen molar-refractivity contribution in [2.24, 2.45) is 7.05 Å². The predicted molar refractivity (Wildman–Crippen MR) is 73.1 cm³/mol. The Bertz CT molecular complexity index is 550. The topological polar surface area (TPSA) is 111 Å². The molecule has 8 heteroatoms. The SMILES string of the molecule is COC(=O)CC[C@@H](NC(=O)/C=C/c1ccnn1C)C(=O)O. The van der Waals surface area contributed by atoms with Gasteiger partial charge in [0.25, 0.3) is 0 Å². The van der Waals surface area contributed by atoms with E-state index in [1.807, 2.05) is 0 Å². The molecule has 2 N–H and O–H groups in total. The van der Waals surface area contributed by atoms with Gasteiger partial charge in [0.05, 0.1) is 12.8 Å². The van der Waals surface area contributed by atoms with Crippen LogP contribution in [-0.4, -0.2) is 45.9 Å². The van der Waals surface area contributed by atoms with Crippen LogP contribution in [0.25, 0.3) is 6.08 Å². The number of hydrogen-bond donors (Lipinski definition) is 2. The number of nitrogens with zero attached hydrogens (tertiary/aromatic N) is 2. The zero-order valence-corrected chi connectivity index (χ0v) is 11.8. The molecular weight excluding hydrogens is 278 g/mol. The van der Waals surface area contributed by atoms with Gasteiger partial charge in [0.1, 0.15) is 6.04 Å². The second-order valence-corrected chi connectivity index (χ2v) is 4.23. The number of aliphatic carboxylic acids is 1. The van der Waals surface area contributed by atoms with Gasteiger partial charge in [0.2, 0.25) is 5.91 Å². The summed E-state index contributed by atoms with van der Waals surface area (Å²) in [6.45, 7) is 0. The third kappa shape index (κ3) is 5.47. The zero-order valence-electron chi connectivity index (χ0n) is 11.8. The summed E-state index contributed by atoms with van der Waals surface area (Å²) in [5, 5.41) is 15.2. The van der Waals surface area contributed by atoms with Gasteiger partial charge in [-0.05, 0) is 18.6 Å². The maximum Gasteiger partial charge on any atom is 0.326 e. The number of carboxylic acid groups (broad SMARTS) is 1. The number of hydrogen-bond acceptors (Lipinski definition) is 5. The van der Waals surface area contributed by atoms with E-state index in [-0.39, 0.29) is 12.8 Å². The molecule has 0 aliphatic heterocycles. The number of nitrogens with one attached hydrogen (secondary N) is 1. The van der Waals surface area contributed by atoms with Gasteiger partial charge in [-0.1, -0.05) is 0 Å². The highest BCUT2D eigenvalue weighted by molar-refractivity contribution is 5.94. The van der Waals surface area contributed by atoms with Crippen molar-refractivity contribution in [3.63, 3.8) is 0 Å². The number of rotatable bonds is 7. The molecule has 1 rings (SSSR count). The van der Waals surface area contributed by atoms with Crippen LogP contribution in [0.4, 0.5) is 0 Å². The fourth-order valence-electron chi connectivity index (χ4n) is 1.55. The van der Waals surface area contributed by atoms with Crippen molar-refractivity contribution in [3.05, 3.63) is 24.0 Å². The lowest BCUT2D eigenvalue weighted by Crippen LogP contribution is -2.40. The first-order valence-electron chi connectivity index (χ1n) is 6.20. The minimum absolute atomic E-state index is 0.0344. The van der Waals surface area contributed by atoms with Gasteiger partial charge in [-0.25, -0.2) is 4.79 Å². The van der Waals surface area contributed by atoms with Crippen LogP contribution in [0.15, 0.2) is 18.3 Å². The summed E-state index contributed by atoms with van der Waals surface area (Å²) in [5.74, 6) is -2.30. The van der Waals surface area contributed by atoms with Crippen LogP contribution < -0.4 is 5.32 Å². The summed E-state index contributed by atoms with van der Waals surface area (Å²) in [6.07, 6.45) is 4.19. The highest BCUT2D eigenvalue weighted by Crippen LogP contribution is 2.02. The molecule has 21 heavy (non-hydrogen) atoms. The van der Waals surface area contributed by atoms with E-state index in [1.165, 1.54) is 19.3 Å². The molecule has 1 atom stereocenters. The largest absolute Gasteiger partial charge is 0.480 e. The van der Waals surface area contributed by atoms with Crippen LogP contribution in [0.5, 0.6) is 0 Å². The number of carbonyl (C=O) groups is 3. The fraction of sp³-hybridized carbons (Fsp3) is 0.385. The smallest absolute Gasteiger partial charge is 0.326 e. The van der Waals surface area contributed by atoms with E-state index in [0.717, 1.165) is 0 Å². The Morgan fingerprint density at radius 3 is 2.76 bits per heavy atom. The Morgan fingerprint density at radius 1 is 1.52 bits per heavy atom. The summed E-state index contributed by atoms with van der Waals surface area (Å²) in [4.78, 5) is 33.7. The number of esters is 1. The molecule has 0 unspecified atom stereocenters. The highest BCUT2D eigenvalue weighted by Gasteiger charge is 2.20. The van der Waals surface area contributed by atoms with Crippen molar-refractivity contribution < 1.29 is 24.2 Å². The molecular formula is C13H17N3O5. The van der Waals surface area contributed by atoms with E-state index >= 15 is 0 Å². The van der Waals surface area contributed by atoms with Crippen LogP contribution in [0.1, 0.15) is 18.5 Å². The first-order chi connectivity index (χ1) is 9.93. The predicted octanol–water partition coefficient (Wildman–Crippen LogP) is -0.0441. The van der Waals surface area contributed by atoms with E-state index in [2.05, 4.69) is 15.2 Å². The maximum atomic E-state index is 11.7. The summed E-state index contributed by atoms with van der Waals surface area (Å²) < 4.78 is 5.99. The third-order valence-electron chi connectivity index (χ3n) is 2.74. The molecule has 1 heterocycles. The summed E-state index contributed by atoms with van der Waals surface area (Å²) >= 11 is 0. The quantitative estimate of drug-likeness (QED) is 0.539. The number of carboxylic acids is 1. The van der Waals surface area contributed by atoms with Crippen LogP contribution in [0.2, 0.25) is 0 Å². The van der Waals surface area contributed by atoms with Gasteiger partial charge in [0, 0.05) is 25.7 Å². The van der Waals surface area contributed by atoms with Gasteiger partial charge < -0.3 is 15.2 Å². The standard InChI is InChI=1S/C13H17N3O5/c1-16-9(7-8-14-16)3-5-11(17)15-10(13(19)20)4-6-12(18)21-2/h3,5,7-8,10H,4,6H2,1-2H3,(H,15,17)(H,19,20)/b5-3+/t10-/m1/s1. The Balaban J connectivity index is 2.56. The van der Waals surface area contributed by atoms with Gasteiger partial charge >= 0.3 is 11.9 Å². The van der Waals surface area contributed by atoms with Crippen LogP contribution in [0, 0.1) is 0 Å². The molecule has 114 valence electrons. The lowest BCUT2D eigenvalue weighted by atomic mass is 10.1. The van der Waals surface area contributed by atoms with Crippen molar-refractivity contribution in [2.75, 3.05) is 7.11 Å². The molecule has 0 spiro atoms. The lowest BCUT2D eigenvalue weighted by molar-refractivity contribution is -0.143. The van der Waals surface area contributed by atoms with Crippen LogP contribution in [0.3, 0.4) is 0 Å². The third-order valence-corrected chi connectivity index (χ3v) is 2.74.